The van der Waals surface area contributed by atoms with Gasteiger partial charge in [0.15, 0.2) is 5.82 Å². The number of benzene rings is 1. The van der Waals surface area contributed by atoms with Crippen molar-refractivity contribution in [2.75, 3.05) is 18.0 Å². The number of aliphatic carboxylic acids is 1. The molecule has 0 atom stereocenters. The lowest BCUT2D eigenvalue weighted by molar-refractivity contribution is -0.138. The molecule has 2 heterocycles. The minimum Gasteiger partial charge on any atom is -0.481 e. The summed E-state index contributed by atoms with van der Waals surface area (Å²) >= 11 is 0. The van der Waals surface area contributed by atoms with Gasteiger partial charge in [0, 0.05) is 36.3 Å². The number of carboxylic acids is 1. The zero-order valence-corrected chi connectivity index (χ0v) is 15.5. The van der Waals surface area contributed by atoms with Gasteiger partial charge in [-0.2, -0.15) is 4.98 Å². The third kappa shape index (κ3) is 3.76. The normalized spacial score (nSPS) is 17.2. The highest BCUT2D eigenvalue weighted by molar-refractivity contribution is 5.68. The van der Waals surface area contributed by atoms with Crippen molar-refractivity contribution in [1.29, 1.82) is 0 Å². The van der Waals surface area contributed by atoms with Gasteiger partial charge in [-0.25, -0.2) is 13.8 Å². The molecule has 0 bridgehead atoms. The summed E-state index contributed by atoms with van der Waals surface area (Å²) in [7, 11) is 0. The summed E-state index contributed by atoms with van der Waals surface area (Å²) in [5, 5.41) is 8.81. The number of hydrogen-bond donors (Lipinski definition) is 1. The number of carbonyl (C=O) groups is 1. The van der Waals surface area contributed by atoms with Gasteiger partial charge in [0.1, 0.15) is 23.4 Å². The number of anilines is 1. The number of ether oxygens (including phenoxy) is 1. The maximum atomic E-state index is 14.6. The van der Waals surface area contributed by atoms with Crippen LogP contribution in [-0.4, -0.2) is 40.2 Å². The molecule has 1 aliphatic heterocycles. The van der Waals surface area contributed by atoms with Gasteiger partial charge < -0.3 is 14.7 Å². The van der Waals surface area contributed by atoms with Crippen LogP contribution in [-0.2, 0) is 4.79 Å². The third-order valence-corrected chi connectivity index (χ3v) is 5.18. The molecule has 4 rings (SSSR count). The lowest BCUT2D eigenvalue weighted by atomic mass is 9.95. The van der Waals surface area contributed by atoms with Crippen LogP contribution in [0.2, 0.25) is 0 Å². The summed E-state index contributed by atoms with van der Waals surface area (Å²) < 4.78 is 35.1. The lowest BCUT2D eigenvalue weighted by Gasteiger charge is -2.40. The van der Waals surface area contributed by atoms with Gasteiger partial charge in [0.2, 0.25) is 5.88 Å². The van der Waals surface area contributed by atoms with Crippen molar-refractivity contribution in [2.45, 2.75) is 38.7 Å². The van der Waals surface area contributed by atoms with Crippen molar-refractivity contribution in [3.8, 4) is 17.3 Å². The summed E-state index contributed by atoms with van der Waals surface area (Å²) in [6, 6.07) is 4.14. The number of aryl methyl sites for hydroxylation is 1. The smallest absolute Gasteiger partial charge is 0.303 e. The Labute approximate surface area is 161 Å². The Balaban J connectivity index is 1.55. The van der Waals surface area contributed by atoms with E-state index in [0.29, 0.717) is 24.7 Å². The van der Waals surface area contributed by atoms with E-state index in [-0.39, 0.29) is 35.5 Å². The fourth-order valence-electron chi connectivity index (χ4n) is 3.51. The van der Waals surface area contributed by atoms with Gasteiger partial charge in [-0.3, -0.25) is 4.79 Å². The summed E-state index contributed by atoms with van der Waals surface area (Å²) in [5.41, 5.74) is 0.760. The minimum absolute atomic E-state index is 0.00127. The SMILES string of the molecule is Cc1cc(OC2CCC2)nc(-c2cc(F)c(N3CC(CC(=O)O)C3)c(F)c2)n1. The summed E-state index contributed by atoms with van der Waals surface area (Å²) in [6.45, 7) is 2.42. The molecule has 0 radical (unpaired) electrons. The van der Waals surface area contributed by atoms with E-state index in [4.69, 9.17) is 9.84 Å². The van der Waals surface area contributed by atoms with Gasteiger partial charge in [0.25, 0.3) is 0 Å². The summed E-state index contributed by atoms with van der Waals surface area (Å²) in [5.74, 6) is -1.80. The van der Waals surface area contributed by atoms with Gasteiger partial charge in [-0.1, -0.05) is 0 Å². The third-order valence-electron chi connectivity index (χ3n) is 5.18. The van der Waals surface area contributed by atoms with Gasteiger partial charge in [0.05, 0.1) is 6.42 Å². The van der Waals surface area contributed by atoms with E-state index in [1.165, 1.54) is 17.0 Å². The molecule has 0 amide bonds. The first-order chi connectivity index (χ1) is 13.4. The predicted molar refractivity (Wildman–Crippen MR) is 98.3 cm³/mol. The van der Waals surface area contributed by atoms with Crippen molar-refractivity contribution < 1.29 is 23.4 Å². The number of carboxylic acid groups (broad SMARTS) is 1. The second-order valence-electron chi connectivity index (χ2n) is 7.50. The average molecular weight is 389 g/mol. The fraction of sp³-hybridized carbons (Fsp3) is 0.450. The monoisotopic (exact) mass is 389 g/mol. The standard InChI is InChI=1S/C20H21F2N3O3/c1-11-5-17(28-14-3-2-4-14)24-20(23-11)13-7-15(21)19(16(22)8-13)25-9-12(10-25)6-18(26)27/h5,7-8,12,14H,2-4,6,9-10H2,1H3,(H,26,27). The molecule has 8 heteroatoms. The molecule has 28 heavy (non-hydrogen) atoms. The zero-order chi connectivity index (χ0) is 19.8. The van der Waals surface area contributed by atoms with Crippen LogP contribution in [0.15, 0.2) is 18.2 Å². The highest BCUT2D eigenvalue weighted by Gasteiger charge is 2.32. The van der Waals surface area contributed by atoms with E-state index in [2.05, 4.69) is 9.97 Å². The number of hydrogen-bond acceptors (Lipinski definition) is 5. The molecule has 1 N–H and O–H groups in total. The topological polar surface area (TPSA) is 75.5 Å². The number of halogens is 2. The summed E-state index contributed by atoms with van der Waals surface area (Å²) in [6.07, 6.45) is 3.23. The van der Waals surface area contributed by atoms with Crippen LogP contribution >= 0.6 is 0 Å². The maximum Gasteiger partial charge on any atom is 0.303 e. The Kier molecular flexibility index (Phi) is 4.87. The molecule has 2 fully saturated rings. The van der Waals surface area contributed by atoms with Gasteiger partial charge in [-0.15, -0.1) is 0 Å². The van der Waals surface area contributed by atoms with Crippen molar-refractivity contribution in [3.05, 3.63) is 35.5 Å². The Morgan fingerprint density at radius 1 is 1.21 bits per heavy atom. The fourth-order valence-corrected chi connectivity index (χ4v) is 3.51. The largest absolute Gasteiger partial charge is 0.481 e. The molecular weight excluding hydrogens is 368 g/mol. The van der Waals surface area contributed by atoms with Crippen LogP contribution in [0.3, 0.4) is 0 Å². The number of rotatable bonds is 6. The molecule has 2 aromatic rings. The summed E-state index contributed by atoms with van der Waals surface area (Å²) in [4.78, 5) is 20.9. The number of aromatic nitrogens is 2. The first kappa shape index (κ1) is 18.6. The molecule has 6 nitrogen and oxygen atoms in total. The van der Waals surface area contributed by atoms with Crippen molar-refractivity contribution in [1.82, 2.24) is 9.97 Å². The quantitative estimate of drug-likeness (QED) is 0.814. The Morgan fingerprint density at radius 2 is 1.89 bits per heavy atom. The van der Waals surface area contributed by atoms with Crippen LogP contribution in [0, 0.1) is 24.5 Å². The van der Waals surface area contributed by atoms with Crippen molar-refractivity contribution in [3.63, 3.8) is 0 Å². The molecule has 1 aliphatic carbocycles. The Hall–Kier alpha value is -2.77. The predicted octanol–water partition coefficient (Wildman–Crippen LogP) is 3.57. The Bertz CT molecular complexity index is 889. The Morgan fingerprint density at radius 3 is 2.46 bits per heavy atom. The molecule has 148 valence electrons. The van der Waals surface area contributed by atoms with E-state index < -0.39 is 17.6 Å². The minimum atomic E-state index is -0.905. The lowest BCUT2D eigenvalue weighted by Crippen LogP contribution is -2.48. The van der Waals surface area contributed by atoms with E-state index >= 15 is 0 Å². The molecule has 1 aromatic carbocycles. The molecule has 1 saturated heterocycles. The first-order valence-corrected chi connectivity index (χ1v) is 9.37. The second kappa shape index (κ2) is 7.33. The highest BCUT2D eigenvalue weighted by atomic mass is 19.1. The van der Waals surface area contributed by atoms with Crippen LogP contribution in [0.25, 0.3) is 11.4 Å². The molecule has 0 spiro atoms. The molecular formula is C20H21F2N3O3. The van der Waals surface area contributed by atoms with Crippen molar-refractivity contribution >= 4 is 11.7 Å². The molecule has 2 aliphatic rings. The van der Waals surface area contributed by atoms with Crippen LogP contribution in [0.4, 0.5) is 14.5 Å². The van der Waals surface area contributed by atoms with Gasteiger partial charge >= 0.3 is 5.97 Å². The molecule has 1 aromatic heterocycles. The van der Waals surface area contributed by atoms with Gasteiger partial charge in [-0.05, 0) is 38.3 Å². The average Bonchev–Trinajstić information content (AvgIpc) is 2.54. The van der Waals surface area contributed by atoms with E-state index in [9.17, 15) is 13.6 Å². The van der Waals surface area contributed by atoms with Crippen LogP contribution in [0.1, 0.15) is 31.4 Å². The maximum absolute atomic E-state index is 14.6. The number of nitrogens with zero attached hydrogens (tertiary/aromatic N) is 3. The van der Waals surface area contributed by atoms with E-state index in [0.717, 1.165) is 19.3 Å². The molecule has 1 saturated carbocycles. The van der Waals surface area contributed by atoms with E-state index in [1.807, 2.05) is 0 Å². The zero-order valence-electron chi connectivity index (χ0n) is 15.5. The van der Waals surface area contributed by atoms with Crippen molar-refractivity contribution in [2.24, 2.45) is 5.92 Å². The van der Waals surface area contributed by atoms with Crippen LogP contribution < -0.4 is 9.64 Å². The van der Waals surface area contributed by atoms with E-state index in [1.54, 1.807) is 13.0 Å². The first-order valence-electron chi connectivity index (χ1n) is 9.37. The molecule has 0 unspecified atom stereocenters. The van der Waals surface area contributed by atoms with Crippen LogP contribution in [0.5, 0.6) is 5.88 Å². The highest BCUT2D eigenvalue weighted by Crippen LogP contribution is 2.34. The second-order valence-corrected chi connectivity index (χ2v) is 7.50.